The van der Waals surface area contributed by atoms with Crippen molar-refractivity contribution in [3.05, 3.63) is 12.7 Å². The van der Waals surface area contributed by atoms with Crippen molar-refractivity contribution in [2.75, 3.05) is 12.1 Å². The molecule has 4 N–H and O–H groups in total. The molecule has 0 radical (unpaired) electrons. The van der Waals surface area contributed by atoms with Crippen molar-refractivity contribution in [1.29, 1.82) is 0 Å². The third kappa shape index (κ3) is 1.92. The van der Waals surface area contributed by atoms with E-state index in [2.05, 4.69) is 15.0 Å². The highest BCUT2D eigenvalue weighted by molar-refractivity contribution is 5.82. The first-order valence-corrected chi connectivity index (χ1v) is 5.76. The number of anilines is 1. The first-order chi connectivity index (χ1) is 9.24. The summed E-state index contributed by atoms with van der Waals surface area (Å²) >= 11 is 0. The van der Waals surface area contributed by atoms with Crippen molar-refractivity contribution in [2.24, 2.45) is 0 Å². The summed E-state index contributed by atoms with van der Waals surface area (Å²) < 4.78 is 7.16. The number of nitrogens with one attached hydrogen (secondary N) is 1. The molecular formula is C10H13N5O4. The summed E-state index contributed by atoms with van der Waals surface area (Å²) in [4.78, 5) is 12.0. The fourth-order valence-electron chi connectivity index (χ4n) is 2.19. The van der Waals surface area contributed by atoms with Crippen LogP contribution in [0.2, 0.25) is 0 Å². The fourth-order valence-corrected chi connectivity index (χ4v) is 2.19. The molecule has 0 bridgehead atoms. The average Bonchev–Trinajstić information content (AvgIpc) is 3.01. The number of nitrogens with zero attached hydrogens (tertiary/aromatic N) is 4. The zero-order valence-electron chi connectivity index (χ0n) is 9.84. The van der Waals surface area contributed by atoms with Crippen molar-refractivity contribution in [3.63, 3.8) is 0 Å². The first kappa shape index (κ1) is 12.2. The number of rotatable bonds is 3. The molecule has 0 saturated carbocycles. The molecule has 3 rings (SSSR count). The molecule has 19 heavy (non-hydrogen) atoms. The van der Waals surface area contributed by atoms with Crippen molar-refractivity contribution in [2.45, 2.75) is 24.9 Å². The van der Waals surface area contributed by atoms with Gasteiger partial charge in [-0.2, -0.15) is 0 Å². The summed E-state index contributed by atoms with van der Waals surface area (Å²) in [5, 5.41) is 27.7. The quantitative estimate of drug-likeness (QED) is 0.536. The number of imidazole rings is 1. The van der Waals surface area contributed by atoms with Crippen LogP contribution in [0, 0.1) is 0 Å². The second-order valence-corrected chi connectivity index (χ2v) is 4.27. The number of aliphatic hydroxyl groups excluding tert-OH is 2. The van der Waals surface area contributed by atoms with Gasteiger partial charge in [-0.25, -0.2) is 15.0 Å². The van der Waals surface area contributed by atoms with E-state index >= 15 is 0 Å². The van der Waals surface area contributed by atoms with Crippen LogP contribution in [0.25, 0.3) is 11.2 Å². The van der Waals surface area contributed by atoms with Crippen molar-refractivity contribution in [1.82, 2.24) is 19.5 Å². The summed E-state index contributed by atoms with van der Waals surface area (Å²) in [5.74, 6) is 0.195. The molecule has 2 aromatic rings. The maximum Gasteiger partial charge on any atom is 0.181 e. The van der Waals surface area contributed by atoms with E-state index in [9.17, 15) is 5.11 Å². The van der Waals surface area contributed by atoms with Gasteiger partial charge in [-0.1, -0.05) is 0 Å². The molecule has 1 aliphatic rings. The summed E-state index contributed by atoms with van der Waals surface area (Å²) in [7, 11) is 0. The summed E-state index contributed by atoms with van der Waals surface area (Å²) in [6.07, 6.45) is 1.32. The van der Waals surface area contributed by atoms with E-state index in [4.69, 9.17) is 15.1 Å². The minimum absolute atomic E-state index is 0.195. The highest BCUT2D eigenvalue weighted by atomic mass is 16.5. The zero-order chi connectivity index (χ0) is 13.4. The lowest BCUT2D eigenvalue weighted by atomic mass is 10.2. The van der Waals surface area contributed by atoms with Crippen LogP contribution in [-0.2, 0) is 4.74 Å². The van der Waals surface area contributed by atoms with E-state index in [1.165, 1.54) is 12.7 Å². The van der Waals surface area contributed by atoms with Crippen molar-refractivity contribution >= 4 is 17.0 Å². The lowest BCUT2D eigenvalue weighted by Crippen LogP contribution is -2.24. The van der Waals surface area contributed by atoms with Crippen LogP contribution < -0.4 is 5.48 Å². The second kappa shape index (κ2) is 4.70. The van der Waals surface area contributed by atoms with Gasteiger partial charge in [0, 0.05) is 6.42 Å². The average molecular weight is 267 g/mol. The number of aromatic nitrogens is 4. The molecule has 1 fully saturated rings. The third-order valence-electron chi connectivity index (χ3n) is 3.16. The van der Waals surface area contributed by atoms with Crippen LogP contribution >= 0.6 is 0 Å². The molecule has 102 valence electrons. The molecule has 3 atom stereocenters. The predicted octanol–water partition coefficient (Wildman–Crippen LogP) is -0.732. The Morgan fingerprint density at radius 3 is 2.95 bits per heavy atom. The highest BCUT2D eigenvalue weighted by Gasteiger charge is 2.35. The van der Waals surface area contributed by atoms with Crippen LogP contribution in [-0.4, -0.2) is 53.8 Å². The molecule has 1 saturated heterocycles. The van der Waals surface area contributed by atoms with Gasteiger partial charge in [-0.3, -0.25) is 15.3 Å². The Labute approximate surface area is 107 Å². The second-order valence-electron chi connectivity index (χ2n) is 4.27. The van der Waals surface area contributed by atoms with Crippen molar-refractivity contribution in [3.8, 4) is 0 Å². The van der Waals surface area contributed by atoms with Gasteiger partial charge in [0.25, 0.3) is 0 Å². The monoisotopic (exact) mass is 267 g/mol. The number of fused-ring (bicyclic) bond motifs is 1. The number of hydrogen-bond acceptors (Lipinski definition) is 8. The van der Waals surface area contributed by atoms with Gasteiger partial charge < -0.3 is 14.9 Å². The molecular weight excluding hydrogens is 254 g/mol. The van der Waals surface area contributed by atoms with E-state index in [-0.39, 0.29) is 12.4 Å². The number of aliphatic hydroxyl groups is 2. The first-order valence-electron chi connectivity index (χ1n) is 5.76. The molecule has 0 aromatic carbocycles. The van der Waals surface area contributed by atoms with E-state index in [0.29, 0.717) is 17.6 Å². The number of ether oxygens (including phenoxy) is 1. The van der Waals surface area contributed by atoms with Gasteiger partial charge in [0.05, 0.1) is 19.0 Å². The van der Waals surface area contributed by atoms with Gasteiger partial charge in [0.15, 0.2) is 17.0 Å². The highest BCUT2D eigenvalue weighted by Crippen LogP contribution is 2.31. The summed E-state index contributed by atoms with van der Waals surface area (Å²) in [6, 6.07) is 0. The molecule has 0 spiro atoms. The SMILES string of the molecule is OC[C@H]1O[C@@H](n2cnc3c(NO)ncnc32)C[C@@H]1O. The Kier molecular flexibility index (Phi) is 3.03. The lowest BCUT2D eigenvalue weighted by Gasteiger charge is -2.13. The smallest absolute Gasteiger partial charge is 0.181 e. The third-order valence-corrected chi connectivity index (χ3v) is 3.16. The predicted molar refractivity (Wildman–Crippen MR) is 62.4 cm³/mol. The van der Waals surface area contributed by atoms with Crippen LogP contribution in [0.5, 0.6) is 0 Å². The molecule has 0 amide bonds. The molecule has 9 nitrogen and oxygen atoms in total. The Morgan fingerprint density at radius 2 is 2.26 bits per heavy atom. The Hall–Kier alpha value is -1.81. The Bertz CT molecular complexity index is 588. The van der Waals surface area contributed by atoms with E-state index in [1.807, 2.05) is 5.48 Å². The van der Waals surface area contributed by atoms with Crippen LogP contribution in [0.4, 0.5) is 5.82 Å². The van der Waals surface area contributed by atoms with Gasteiger partial charge in [0.1, 0.15) is 18.7 Å². The van der Waals surface area contributed by atoms with Gasteiger partial charge in [0.2, 0.25) is 0 Å². The maximum atomic E-state index is 9.73. The largest absolute Gasteiger partial charge is 0.394 e. The van der Waals surface area contributed by atoms with Gasteiger partial charge in [-0.15, -0.1) is 0 Å². The van der Waals surface area contributed by atoms with Crippen LogP contribution in [0.3, 0.4) is 0 Å². The molecule has 2 aromatic heterocycles. The fraction of sp³-hybridized carbons (Fsp3) is 0.500. The minimum Gasteiger partial charge on any atom is -0.394 e. The van der Waals surface area contributed by atoms with Crippen LogP contribution in [0.15, 0.2) is 12.7 Å². The molecule has 3 heterocycles. The summed E-state index contributed by atoms with van der Waals surface area (Å²) in [5.41, 5.74) is 2.82. The normalized spacial score (nSPS) is 27.0. The van der Waals surface area contributed by atoms with Gasteiger partial charge >= 0.3 is 0 Å². The van der Waals surface area contributed by atoms with Gasteiger partial charge in [-0.05, 0) is 0 Å². The molecule has 0 aliphatic carbocycles. The standard InChI is InChI=1S/C10H13N5O4/c16-2-6-5(17)1-7(19-6)15-4-13-8-9(14-18)11-3-12-10(8)15/h3-7,16-18H,1-2H2,(H,11,12,14)/t5-,6+,7+/m0/s1. The lowest BCUT2D eigenvalue weighted by molar-refractivity contribution is -0.0432. The van der Waals surface area contributed by atoms with Crippen LogP contribution in [0.1, 0.15) is 12.6 Å². The Morgan fingerprint density at radius 1 is 1.42 bits per heavy atom. The van der Waals surface area contributed by atoms with Crippen molar-refractivity contribution < 1.29 is 20.2 Å². The minimum atomic E-state index is -0.732. The van der Waals surface area contributed by atoms with E-state index in [0.717, 1.165) is 0 Å². The zero-order valence-corrected chi connectivity index (χ0v) is 9.84. The van der Waals surface area contributed by atoms with E-state index in [1.54, 1.807) is 4.57 Å². The molecule has 1 aliphatic heterocycles. The molecule has 9 heteroatoms. The molecule has 0 unspecified atom stereocenters. The number of hydrogen-bond donors (Lipinski definition) is 4. The maximum absolute atomic E-state index is 9.73. The topological polar surface area (TPSA) is 126 Å². The Balaban J connectivity index is 1.98. The van der Waals surface area contributed by atoms with E-state index < -0.39 is 18.4 Å². The summed E-state index contributed by atoms with van der Waals surface area (Å²) in [6.45, 7) is -0.247.